The van der Waals surface area contributed by atoms with Crippen LogP contribution in [0.1, 0.15) is 0 Å². The maximum atomic E-state index is 4.90. The van der Waals surface area contributed by atoms with Crippen LogP contribution < -0.4 is 11.5 Å². The van der Waals surface area contributed by atoms with E-state index in [-0.39, 0.29) is 0 Å². The van der Waals surface area contributed by atoms with Crippen LogP contribution in [0, 0.1) is 0 Å². The van der Waals surface area contributed by atoms with Crippen molar-refractivity contribution in [3.63, 3.8) is 0 Å². The molecule has 0 aliphatic heterocycles. The standard InChI is InChI=1S/C2H8N2.4CH3P/c3-1-2-4;4*1-2/h1-4H2;4*2H,1H2. The fourth-order valence-electron chi connectivity index (χ4n) is 0. The Labute approximate surface area is 85.6 Å². The van der Waals surface area contributed by atoms with E-state index < -0.39 is 0 Å². The Morgan fingerprint density at radius 3 is 0.667 bits per heavy atom. The smallest absolute Gasteiger partial charge is 0.00461 e. The molecular weight excluding hydrogens is 224 g/mol. The van der Waals surface area contributed by atoms with Crippen LogP contribution in [0.3, 0.4) is 0 Å². The summed E-state index contributed by atoms with van der Waals surface area (Å²) < 4.78 is 0. The van der Waals surface area contributed by atoms with E-state index >= 15 is 0 Å². The lowest BCUT2D eigenvalue weighted by atomic mass is 10.7. The Morgan fingerprint density at radius 1 is 0.583 bits per heavy atom. The molecule has 0 aromatic heterocycles. The summed E-state index contributed by atoms with van der Waals surface area (Å²) in [5, 5.41) is 0. The van der Waals surface area contributed by atoms with Crippen LogP contribution in [0.5, 0.6) is 0 Å². The van der Waals surface area contributed by atoms with E-state index in [2.05, 4.69) is 60.7 Å². The van der Waals surface area contributed by atoms with Gasteiger partial charge in [-0.3, -0.25) is 0 Å². The van der Waals surface area contributed by atoms with Crippen molar-refractivity contribution in [1.29, 1.82) is 0 Å². The molecule has 0 amide bonds. The molecular formula is C6H20N2P4. The second-order valence-electron chi connectivity index (χ2n) is 0.577. The first-order valence-electron chi connectivity index (χ1n) is 2.73. The molecule has 4 N–H and O–H groups in total. The first-order chi connectivity index (χ1) is 5.91. The SMILES string of the molecule is C=P.C=P.C=P.C=P.NCCN. The minimum Gasteiger partial charge on any atom is -0.329 e. The summed E-state index contributed by atoms with van der Waals surface area (Å²) in [6.07, 6.45) is 12.2. The quantitative estimate of drug-likeness (QED) is 0.680. The predicted octanol–water partition coefficient (Wildman–Crippen LogP) is 1.15. The van der Waals surface area contributed by atoms with Gasteiger partial charge in [-0.2, -0.15) is 0 Å². The summed E-state index contributed by atoms with van der Waals surface area (Å²) in [6.45, 7) is 1.19. The van der Waals surface area contributed by atoms with E-state index in [9.17, 15) is 0 Å². The molecule has 0 fully saturated rings. The minimum absolute atomic E-state index is 0.597. The molecule has 0 radical (unpaired) electrons. The van der Waals surface area contributed by atoms with Crippen molar-refractivity contribution >= 4 is 60.7 Å². The number of hydrogen-bond acceptors (Lipinski definition) is 2. The van der Waals surface area contributed by atoms with Crippen molar-refractivity contribution in [2.24, 2.45) is 11.5 Å². The summed E-state index contributed by atoms with van der Waals surface area (Å²) in [5.74, 6) is 0. The van der Waals surface area contributed by atoms with Crippen LogP contribution in [0.25, 0.3) is 0 Å². The van der Waals surface area contributed by atoms with Gasteiger partial charge in [-0.05, 0) is 0 Å². The van der Waals surface area contributed by atoms with Gasteiger partial charge in [0.25, 0.3) is 0 Å². The van der Waals surface area contributed by atoms with E-state index in [1.807, 2.05) is 0 Å². The van der Waals surface area contributed by atoms with Crippen molar-refractivity contribution in [3.05, 3.63) is 0 Å². The Hall–Kier alpha value is 0.600. The lowest BCUT2D eigenvalue weighted by molar-refractivity contribution is 0.976. The third-order valence-corrected chi connectivity index (χ3v) is 0.167. The van der Waals surface area contributed by atoms with Gasteiger partial charge in [0.2, 0.25) is 0 Å². The van der Waals surface area contributed by atoms with Gasteiger partial charge >= 0.3 is 0 Å². The maximum absolute atomic E-state index is 4.90. The molecule has 0 saturated carbocycles. The maximum Gasteiger partial charge on any atom is 0.00461 e. The summed E-state index contributed by atoms with van der Waals surface area (Å²) in [7, 11) is 10.9. The van der Waals surface area contributed by atoms with Crippen molar-refractivity contribution in [2.45, 2.75) is 0 Å². The first-order valence-corrected chi connectivity index (χ1v) is 5.56. The third-order valence-electron chi connectivity index (χ3n) is 0.167. The van der Waals surface area contributed by atoms with E-state index in [4.69, 9.17) is 11.5 Å². The van der Waals surface area contributed by atoms with E-state index in [0.717, 1.165) is 0 Å². The molecule has 0 spiro atoms. The fraction of sp³-hybridized carbons (Fsp3) is 0.333. The van der Waals surface area contributed by atoms with Gasteiger partial charge in [0.05, 0.1) is 0 Å². The average Bonchev–Trinajstić information content (AvgIpc) is 2.29. The molecule has 0 rings (SSSR count). The first kappa shape index (κ1) is 29.4. The van der Waals surface area contributed by atoms with Crippen molar-refractivity contribution in [3.8, 4) is 0 Å². The van der Waals surface area contributed by atoms with Gasteiger partial charge in [-0.15, -0.1) is 35.5 Å². The van der Waals surface area contributed by atoms with Crippen molar-refractivity contribution in [2.75, 3.05) is 13.1 Å². The Balaban J connectivity index is -0.0000000181. The largest absolute Gasteiger partial charge is 0.329 e. The summed E-state index contributed by atoms with van der Waals surface area (Å²) in [5.41, 5.74) is 9.81. The molecule has 0 aliphatic rings. The second-order valence-corrected chi connectivity index (χ2v) is 0.577. The zero-order valence-corrected chi connectivity index (χ0v) is 11.4. The molecule has 74 valence electrons. The highest BCUT2D eigenvalue weighted by Crippen LogP contribution is 1.24. The lowest BCUT2D eigenvalue weighted by Crippen LogP contribution is -2.11. The molecule has 0 heterocycles. The van der Waals surface area contributed by atoms with Crippen LogP contribution >= 0.6 is 35.5 Å². The second kappa shape index (κ2) is 193. The van der Waals surface area contributed by atoms with Gasteiger partial charge in [0, 0.05) is 13.1 Å². The van der Waals surface area contributed by atoms with Crippen LogP contribution in [0.2, 0.25) is 0 Å². The van der Waals surface area contributed by atoms with Crippen LogP contribution in [0.4, 0.5) is 0 Å². The fourth-order valence-corrected chi connectivity index (χ4v) is 0. The van der Waals surface area contributed by atoms with E-state index in [1.54, 1.807) is 0 Å². The van der Waals surface area contributed by atoms with Crippen molar-refractivity contribution < 1.29 is 0 Å². The van der Waals surface area contributed by atoms with E-state index in [1.165, 1.54) is 0 Å². The third kappa shape index (κ3) is 382. The molecule has 0 aromatic rings. The van der Waals surface area contributed by atoms with Gasteiger partial charge in [-0.1, -0.05) is 25.2 Å². The monoisotopic (exact) mass is 244 g/mol. The molecule has 0 atom stereocenters. The summed E-state index contributed by atoms with van der Waals surface area (Å²) in [6, 6.07) is 0. The number of nitrogens with two attached hydrogens (primary N) is 2. The van der Waals surface area contributed by atoms with Gasteiger partial charge in [-0.25, -0.2) is 0 Å². The molecule has 0 bridgehead atoms. The van der Waals surface area contributed by atoms with Gasteiger partial charge < -0.3 is 11.5 Å². The Bertz CT molecular complexity index is 38.5. The van der Waals surface area contributed by atoms with Gasteiger partial charge in [0.1, 0.15) is 0 Å². The zero-order valence-electron chi connectivity index (χ0n) is 7.40. The Kier molecular flexibility index (Phi) is 472. The van der Waals surface area contributed by atoms with Crippen LogP contribution in [0.15, 0.2) is 0 Å². The number of rotatable bonds is 1. The topological polar surface area (TPSA) is 52.0 Å². The lowest BCUT2D eigenvalue weighted by Gasteiger charge is -1.72. The molecule has 12 heavy (non-hydrogen) atoms. The highest BCUT2D eigenvalue weighted by Gasteiger charge is 1.54. The van der Waals surface area contributed by atoms with Crippen molar-refractivity contribution in [1.82, 2.24) is 0 Å². The minimum atomic E-state index is 0.597. The zero-order chi connectivity index (χ0) is 11.4. The summed E-state index contributed by atoms with van der Waals surface area (Å²) in [4.78, 5) is 0. The predicted molar refractivity (Wildman–Crippen MR) is 79.9 cm³/mol. The molecule has 2 nitrogen and oxygen atoms in total. The molecule has 0 unspecified atom stereocenters. The average molecular weight is 244 g/mol. The normalized spacial score (nSPS) is 3.83. The molecule has 0 aliphatic carbocycles. The van der Waals surface area contributed by atoms with E-state index in [0.29, 0.717) is 13.1 Å². The van der Waals surface area contributed by atoms with Crippen LogP contribution in [-0.4, -0.2) is 38.3 Å². The highest BCUT2D eigenvalue weighted by molar-refractivity contribution is 7.16. The molecule has 0 saturated heterocycles. The molecule has 0 aromatic carbocycles. The Morgan fingerprint density at radius 2 is 0.667 bits per heavy atom. The van der Waals surface area contributed by atoms with Gasteiger partial charge in [0.15, 0.2) is 0 Å². The molecule has 6 heteroatoms. The van der Waals surface area contributed by atoms with Crippen LogP contribution in [-0.2, 0) is 0 Å². The number of hydrogen-bond donors (Lipinski definition) is 2. The summed E-state index contributed by atoms with van der Waals surface area (Å²) >= 11 is 0. The highest BCUT2D eigenvalue weighted by atomic mass is 31.0.